The number of hydrogen-bond acceptors (Lipinski definition) is 5. The van der Waals surface area contributed by atoms with Gasteiger partial charge in [0.05, 0.1) is 11.6 Å². The van der Waals surface area contributed by atoms with Crippen molar-refractivity contribution in [3.8, 4) is 5.75 Å². The Morgan fingerprint density at radius 3 is 2.41 bits per heavy atom. The van der Waals surface area contributed by atoms with Gasteiger partial charge < -0.3 is 9.47 Å². The first kappa shape index (κ1) is 19.2. The van der Waals surface area contributed by atoms with Crippen LogP contribution in [0.15, 0.2) is 48.5 Å². The van der Waals surface area contributed by atoms with Crippen molar-refractivity contribution in [3.05, 3.63) is 64.0 Å². The number of fused-ring (bicyclic) bond motifs is 1. The van der Waals surface area contributed by atoms with Gasteiger partial charge in [0, 0.05) is 22.8 Å². The number of rotatable bonds is 6. The van der Waals surface area contributed by atoms with E-state index in [0.29, 0.717) is 34.4 Å². The van der Waals surface area contributed by atoms with Gasteiger partial charge in [-0.15, -0.1) is 11.3 Å². The van der Waals surface area contributed by atoms with E-state index in [1.165, 1.54) is 11.3 Å². The van der Waals surface area contributed by atoms with Crippen LogP contribution in [0.4, 0.5) is 0 Å². The molecular weight excluding hydrogens is 388 g/mol. The number of ether oxygens (including phenoxy) is 2. The van der Waals surface area contributed by atoms with Crippen LogP contribution >= 0.6 is 22.9 Å². The molecule has 3 rings (SSSR count). The summed E-state index contributed by atoms with van der Waals surface area (Å²) in [5.41, 5.74) is 5.17. The van der Waals surface area contributed by atoms with E-state index in [0.717, 1.165) is 10.1 Å². The van der Waals surface area contributed by atoms with Crippen LogP contribution in [0.25, 0.3) is 10.1 Å². The van der Waals surface area contributed by atoms with Crippen LogP contribution in [0.3, 0.4) is 0 Å². The lowest BCUT2D eigenvalue weighted by Gasteiger charge is -2.08. The summed E-state index contributed by atoms with van der Waals surface area (Å²) < 4.78 is 11.3. The van der Waals surface area contributed by atoms with Gasteiger partial charge in [0.25, 0.3) is 11.8 Å². The highest BCUT2D eigenvalue weighted by molar-refractivity contribution is 7.21. The van der Waals surface area contributed by atoms with Crippen molar-refractivity contribution in [3.63, 3.8) is 0 Å². The smallest absolute Gasteiger partial charge is 0.281 e. The van der Waals surface area contributed by atoms with E-state index in [4.69, 9.17) is 21.1 Å². The van der Waals surface area contributed by atoms with Gasteiger partial charge >= 0.3 is 0 Å². The van der Waals surface area contributed by atoms with Gasteiger partial charge in [0.2, 0.25) is 0 Å². The van der Waals surface area contributed by atoms with Crippen LogP contribution in [0.5, 0.6) is 5.75 Å². The van der Waals surface area contributed by atoms with Crippen LogP contribution < -0.4 is 15.6 Å². The monoisotopic (exact) mass is 404 g/mol. The van der Waals surface area contributed by atoms with E-state index in [1.807, 2.05) is 24.3 Å². The molecule has 8 heteroatoms. The molecule has 0 fully saturated rings. The molecule has 0 spiro atoms. The van der Waals surface area contributed by atoms with Crippen molar-refractivity contribution < 1.29 is 19.1 Å². The number of hydrazine groups is 1. The zero-order valence-electron chi connectivity index (χ0n) is 14.5. The van der Waals surface area contributed by atoms with E-state index < -0.39 is 11.8 Å². The van der Waals surface area contributed by atoms with E-state index in [1.54, 1.807) is 31.4 Å². The molecule has 2 N–H and O–H groups in total. The predicted octanol–water partition coefficient (Wildman–Crippen LogP) is 3.65. The predicted molar refractivity (Wildman–Crippen MR) is 106 cm³/mol. The minimum atomic E-state index is -0.464. The molecule has 3 aromatic rings. The fourth-order valence-corrected chi connectivity index (χ4v) is 3.76. The van der Waals surface area contributed by atoms with Crippen molar-refractivity contribution in [2.75, 3.05) is 20.3 Å². The summed E-state index contributed by atoms with van der Waals surface area (Å²) in [5.74, 6) is -0.275. The topological polar surface area (TPSA) is 76.7 Å². The fourth-order valence-electron chi connectivity index (χ4n) is 2.35. The molecule has 27 heavy (non-hydrogen) atoms. The van der Waals surface area contributed by atoms with Crippen LogP contribution in [0.1, 0.15) is 20.0 Å². The average molecular weight is 405 g/mol. The molecule has 0 bridgehead atoms. The largest absolute Gasteiger partial charge is 0.491 e. The lowest BCUT2D eigenvalue weighted by Crippen LogP contribution is -2.41. The van der Waals surface area contributed by atoms with Gasteiger partial charge in [-0.05, 0) is 30.3 Å². The molecule has 0 atom stereocenters. The number of carbonyl (C=O) groups is 2. The summed E-state index contributed by atoms with van der Waals surface area (Å²) in [4.78, 5) is 24.9. The first-order chi connectivity index (χ1) is 13.1. The average Bonchev–Trinajstić information content (AvgIpc) is 3.04. The van der Waals surface area contributed by atoms with Gasteiger partial charge in [-0.2, -0.15) is 0 Å². The second-order valence-electron chi connectivity index (χ2n) is 5.52. The summed E-state index contributed by atoms with van der Waals surface area (Å²) in [7, 11) is 1.59. The maximum Gasteiger partial charge on any atom is 0.281 e. The number of carbonyl (C=O) groups excluding carboxylic acids is 2. The van der Waals surface area contributed by atoms with Crippen molar-refractivity contribution in [2.24, 2.45) is 0 Å². The standard InChI is InChI=1S/C19H17ClN2O4S/c1-25-10-11-26-13-8-6-12(7-9-13)18(23)21-22-19(24)17-16(20)14-4-2-3-5-15(14)27-17/h2-9H,10-11H2,1H3,(H,21,23)(H,22,24). The maximum atomic E-state index is 12.3. The minimum Gasteiger partial charge on any atom is -0.491 e. The number of amides is 2. The van der Waals surface area contributed by atoms with Gasteiger partial charge in [-0.25, -0.2) is 0 Å². The molecule has 0 aliphatic carbocycles. The van der Waals surface area contributed by atoms with E-state index in [-0.39, 0.29) is 0 Å². The number of halogens is 1. The number of hydrogen-bond donors (Lipinski definition) is 2. The molecule has 1 heterocycles. The molecule has 2 aromatic carbocycles. The molecule has 6 nitrogen and oxygen atoms in total. The zero-order valence-corrected chi connectivity index (χ0v) is 16.0. The highest BCUT2D eigenvalue weighted by Crippen LogP contribution is 2.34. The summed E-state index contributed by atoms with van der Waals surface area (Å²) in [6.07, 6.45) is 0. The number of nitrogens with one attached hydrogen (secondary N) is 2. The van der Waals surface area contributed by atoms with Crippen LogP contribution in [0.2, 0.25) is 5.02 Å². The zero-order chi connectivity index (χ0) is 19.2. The second-order valence-corrected chi connectivity index (χ2v) is 6.95. The molecule has 140 valence electrons. The van der Waals surface area contributed by atoms with Crippen LogP contribution in [-0.2, 0) is 4.74 Å². The molecule has 1 aromatic heterocycles. The Morgan fingerprint density at radius 2 is 1.70 bits per heavy atom. The molecule has 0 aliphatic heterocycles. The highest BCUT2D eigenvalue weighted by Gasteiger charge is 2.17. The third-order valence-corrected chi connectivity index (χ3v) is 5.38. The molecule has 2 amide bonds. The normalized spacial score (nSPS) is 10.6. The number of benzene rings is 2. The first-order valence-corrected chi connectivity index (χ1v) is 9.29. The fraction of sp³-hybridized carbons (Fsp3) is 0.158. The van der Waals surface area contributed by atoms with Crippen LogP contribution in [-0.4, -0.2) is 32.1 Å². The van der Waals surface area contributed by atoms with E-state index in [9.17, 15) is 9.59 Å². The lowest BCUT2D eigenvalue weighted by atomic mass is 10.2. The molecule has 0 unspecified atom stereocenters. The van der Waals surface area contributed by atoms with Crippen molar-refractivity contribution >= 4 is 44.8 Å². The Labute approximate surface area is 165 Å². The Morgan fingerprint density at radius 1 is 1.00 bits per heavy atom. The summed E-state index contributed by atoms with van der Waals surface area (Å²) in [6.45, 7) is 0.905. The molecular formula is C19H17ClN2O4S. The van der Waals surface area contributed by atoms with Gasteiger partial charge in [0.1, 0.15) is 17.2 Å². The highest BCUT2D eigenvalue weighted by atomic mass is 35.5. The third kappa shape index (κ3) is 4.57. The van der Waals surface area contributed by atoms with Gasteiger partial charge in [0.15, 0.2) is 0 Å². The van der Waals surface area contributed by atoms with Crippen molar-refractivity contribution in [1.29, 1.82) is 0 Å². The Kier molecular flexibility index (Phi) is 6.28. The van der Waals surface area contributed by atoms with Gasteiger partial charge in [-0.1, -0.05) is 29.8 Å². The number of methoxy groups -OCH3 is 1. The lowest BCUT2D eigenvalue weighted by molar-refractivity contribution is 0.0849. The van der Waals surface area contributed by atoms with E-state index >= 15 is 0 Å². The Hall–Kier alpha value is -2.61. The van der Waals surface area contributed by atoms with Crippen molar-refractivity contribution in [2.45, 2.75) is 0 Å². The quantitative estimate of drug-likeness (QED) is 0.485. The minimum absolute atomic E-state index is 0.347. The molecule has 0 aliphatic rings. The summed E-state index contributed by atoms with van der Waals surface area (Å²) >= 11 is 7.54. The molecule has 0 saturated heterocycles. The Balaban J connectivity index is 1.59. The van der Waals surface area contributed by atoms with E-state index in [2.05, 4.69) is 10.9 Å². The Bertz CT molecular complexity index is 956. The SMILES string of the molecule is COCCOc1ccc(C(=O)NNC(=O)c2sc3ccccc3c2Cl)cc1. The molecule has 0 saturated carbocycles. The summed E-state index contributed by atoms with van der Waals surface area (Å²) in [5, 5.41) is 1.18. The number of thiophene rings is 1. The van der Waals surface area contributed by atoms with Crippen LogP contribution in [0, 0.1) is 0 Å². The van der Waals surface area contributed by atoms with Gasteiger partial charge in [-0.3, -0.25) is 20.4 Å². The maximum absolute atomic E-state index is 12.3. The van der Waals surface area contributed by atoms with Crippen molar-refractivity contribution in [1.82, 2.24) is 10.9 Å². The first-order valence-electron chi connectivity index (χ1n) is 8.09. The summed E-state index contributed by atoms with van der Waals surface area (Å²) in [6, 6.07) is 14.0. The molecule has 0 radical (unpaired) electrons. The second kappa shape index (κ2) is 8.85. The third-order valence-electron chi connectivity index (χ3n) is 3.70.